The molecule has 2 aromatic rings. The molecule has 6 heteroatoms. The number of nitrogens with zero attached hydrogens (tertiary/aromatic N) is 2. The van der Waals surface area contributed by atoms with Crippen molar-refractivity contribution >= 4 is 23.0 Å². The monoisotopic (exact) mass is 395 g/mol. The number of carbonyl (C=O) groups is 1. The Kier molecular flexibility index (Phi) is 6.52. The van der Waals surface area contributed by atoms with Crippen molar-refractivity contribution < 1.29 is 14.3 Å². The van der Waals surface area contributed by atoms with Crippen molar-refractivity contribution in [1.29, 1.82) is 0 Å². The van der Waals surface area contributed by atoms with Gasteiger partial charge >= 0.3 is 0 Å². The maximum atomic E-state index is 12.6. The van der Waals surface area contributed by atoms with Gasteiger partial charge in [0, 0.05) is 31.9 Å². The van der Waals surface area contributed by atoms with E-state index >= 15 is 0 Å². The van der Waals surface area contributed by atoms with Crippen LogP contribution in [0.5, 0.6) is 5.75 Å². The maximum Gasteiger partial charge on any atom is 0.227 e. The summed E-state index contributed by atoms with van der Waals surface area (Å²) in [7, 11) is 0. The minimum atomic E-state index is -0.0333. The van der Waals surface area contributed by atoms with Gasteiger partial charge in [0.15, 0.2) is 0 Å². The maximum absolute atomic E-state index is 12.6. The van der Waals surface area contributed by atoms with Gasteiger partial charge in [-0.3, -0.25) is 4.79 Å². The number of ether oxygens (including phenoxy) is 2. The number of benzene rings is 2. The lowest BCUT2D eigenvalue weighted by Crippen LogP contribution is -2.37. The molecule has 2 fully saturated rings. The number of nitrogens with one attached hydrogen (secondary N) is 1. The van der Waals surface area contributed by atoms with Gasteiger partial charge in [-0.15, -0.1) is 0 Å². The zero-order valence-corrected chi connectivity index (χ0v) is 16.8. The number of rotatable bonds is 7. The second-order valence-electron chi connectivity index (χ2n) is 7.45. The van der Waals surface area contributed by atoms with Gasteiger partial charge in [-0.25, -0.2) is 0 Å². The number of para-hydroxylation sites is 1. The fourth-order valence-electron chi connectivity index (χ4n) is 3.87. The van der Waals surface area contributed by atoms with E-state index in [1.54, 1.807) is 0 Å². The molecular formula is C23H29N3O3. The van der Waals surface area contributed by atoms with E-state index in [9.17, 15) is 4.79 Å². The normalized spacial score (nSPS) is 16.7. The number of morpholine rings is 1. The van der Waals surface area contributed by atoms with E-state index in [1.807, 2.05) is 30.3 Å². The van der Waals surface area contributed by atoms with Crippen molar-refractivity contribution in [1.82, 2.24) is 0 Å². The largest absolute Gasteiger partial charge is 0.493 e. The molecule has 29 heavy (non-hydrogen) atoms. The number of anilines is 3. The molecule has 0 saturated carbocycles. The smallest absolute Gasteiger partial charge is 0.227 e. The first-order chi connectivity index (χ1) is 14.3. The number of amides is 1. The molecule has 2 aliphatic rings. The van der Waals surface area contributed by atoms with Crippen molar-refractivity contribution in [3.05, 3.63) is 48.5 Å². The first-order valence-corrected chi connectivity index (χ1v) is 10.5. The summed E-state index contributed by atoms with van der Waals surface area (Å²) in [6.45, 7) is 5.61. The van der Waals surface area contributed by atoms with Crippen LogP contribution in [0, 0.1) is 0 Å². The van der Waals surface area contributed by atoms with Crippen molar-refractivity contribution in [2.45, 2.75) is 19.3 Å². The van der Waals surface area contributed by atoms with Crippen molar-refractivity contribution in [2.24, 2.45) is 0 Å². The van der Waals surface area contributed by atoms with E-state index in [0.29, 0.717) is 26.2 Å². The number of carbonyl (C=O) groups excluding carboxylic acids is 1. The quantitative estimate of drug-likeness (QED) is 0.777. The van der Waals surface area contributed by atoms with Crippen molar-refractivity contribution in [3.8, 4) is 5.75 Å². The van der Waals surface area contributed by atoms with Gasteiger partial charge in [0.05, 0.1) is 37.6 Å². The van der Waals surface area contributed by atoms with Gasteiger partial charge < -0.3 is 24.6 Å². The Morgan fingerprint density at radius 3 is 2.48 bits per heavy atom. The van der Waals surface area contributed by atoms with E-state index in [2.05, 4.69) is 33.3 Å². The Labute approximate surface area is 172 Å². The summed E-state index contributed by atoms with van der Waals surface area (Å²) in [6.07, 6.45) is 2.76. The van der Waals surface area contributed by atoms with E-state index in [-0.39, 0.29) is 5.91 Å². The van der Waals surface area contributed by atoms with Crippen LogP contribution < -0.4 is 19.9 Å². The van der Waals surface area contributed by atoms with Crippen molar-refractivity contribution in [2.75, 3.05) is 61.1 Å². The van der Waals surface area contributed by atoms with Crippen LogP contribution in [0.1, 0.15) is 19.3 Å². The fraction of sp³-hybridized carbons (Fsp3) is 0.435. The summed E-state index contributed by atoms with van der Waals surface area (Å²) < 4.78 is 11.2. The van der Waals surface area contributed by atoms with Crippen LogP contribution in [-0.2, 0) is 9.53 Å². The molecule has 0 bridgehead atoms. The molecule has 1 N–H and O–H groups in total. The van der Waals surface area contributed by atoms with Gasteiger partial charge in [-0.1, -0.05) is 18.2 Å². The molecule has 4 rings (SSSR count). The van der Waals surface area contributed by atoms with Gasteiger partial charge in [-0.05, 0) is 43.2 Å². The minimum Gasteiger partial charge on any atom is -0.493 e. The van der Waals surface area contributed by atoms with E-state index in [4.69, 9.17) is 9.47 Å². The minimum absolute atomic E-state index is 0.0333. The van der Waals surface area contributed by atoms with Gasteiger partial charge in [0.2, 0.25) is 5.91 Å². The predicted molar refractivity (Wildman–Crippen MR) is 116 cm³/mol. The van der Waals surface area contributed by atoms with Crippen LogP contribution in [0.4, 0.5) is 17.1 Å². The molecule has 154 valence electrons. The predicted octanol–water partition coefficient (Wildman–Crippen LogP) is 3.53. The Morgan fingerprint density at radius 1 is 0.966 bits per heavy atom. The number of hydrogen-bond donors (Lipinski definition) is 1. The molecule has 0 aromatic heterocycles. The van der Waals surface area contributed by atoms with Crippen LogP contribution in [-0.4, -0.2) is 51.9 Å². The highest BCUT2D eigenvalue weighted by Gasteiger charge is 2.19. The molecule has 2 saturated heterocycles. The van der Waals surface area contributed by atoms with Crippen molar-refractivity contribution in [3.63, 3.8) is 0 Å². The lowest BCUT2D eigenvalue weighted by atomic mass is 10.2. The highest BCUT2D eigenvalue weighted by molar-refractivity contribution is 5.95. The lowest BCUT2D eigenvalue weighted by Gasteiger charge is -2.31. The highest BCUT2D eigenvalue weighted by atomic mass is 16.5. The molecule has 1 amide bonds. The Morgan fingerprint density at radius 2 is 1.72 bits per heavy atom. The second-order valence-corrected chi connectivity index (χ2v) is 7.45. The second kappa shape index (κ2) is 9.65. The first-order valence-electron chi connectivity index (χ1n) is 10.5. The van der Waals surface area contributed by atoms with Crippen LogP contribution in [0.2, 0.25) is 0 Å². The zero-order valence-electron chi connectivity index (χ0n) is 16.8. The zero-order chi connectivity index (χ0) is 19.9. The average molecular weight is 396 g/mol. The molecule has 2 aliphatic heterocycles. The summed E-state index contributed by atoms with van der Waals surface area (Å²) in [5.41, 5.74) is 3.12. The molecule has 0 spiro atoms. The van der Waals surface area contributed by atoms with E-state index in [1.165, 1.54) is 18.5 Å². The van der Waals surface area contributed by atoms with Crippen LogP contribution in [0.3, 0.4) is 0 Å². The first kappa shape index (κ1) is 19.6. The molecule has 0 aliphatic carbocycles. The van der Waals surface area contributed by atoms with Gasteiger partial charge in [-0.2, -0.15) is 0 Å². The molecule has 6 nitrogen and oxygen atoms in total. The standard InChI is InChI=1S/C23H29N3O3/c27-23(10-15-29-20-6-2-1-3-7-20)24-21-18-19(25-11-4-5-12-25)8-9-22(21)26-13-16-28-17-14-26/h1-3,6-9,18H,4-5,10-17H2,(H,24,27). The third kappa shape index (κ3) is 5.21. The summed E-state index contributed by atoms with van der Waals surface area (Å²) in [5.74, 6) is 0.749. The fourth-order valence-corrected chi connectivity index (χ4v) is 3.87. The molecule has 2 aromatic carbocycles. The topological polar surface area (TPSA) is 54.0 Å². The van der Waals surface area contributed by atoms with Crippen LogP contribution >= 0.6 is 0 Å². The third-order valence-corrected chi connectivity index (χ3v) is 5.42. The van der Waals surface area contributed by atoms with Crippen LogP contribution in [0.25, 0.3) is 0 Å². The van der Waals surface area contributed by atoms with E-state index < -0.39 is 0 Å². The van der Waals surface area contributed by atoms with Gasteiger partial charge in [0.25, 0.3) is 0 Å². The molecular weight excluding hydrogens is 366 g/mol. The Balaban J connectivity index is 1.43. The summed E-state index contributed by atoms with van der Waals surface area (Å²) in [6, 6.07) is 16.0. The summed E-state index contributed by atoms with van der Waals surface area (Å²) >= 11 is 0. The lowest BCUT2D eigenvalue weighted by molar-refractivity contribution is -0.116. The molecule has 0 radical (unpaired) electrons. The summed E-state index contributed by atoms with van der Waals surface area (Å²) in [5, 5.41) is 3.13. The van der Waals surface area contributed by atoms with Crippen LogP contribution in [0.15, 0.2) is 48.5 Å². The molecule has 0 atom stereocenters. The Hall–Kier alpha value is -2.73. The number of hydrogen-bond acceptors (Lipinski definition) is 5. The van der Waals surface area contributed by atoms with Gasteiger partial charge in [0.1, 0.15) is 5.75 Å². The van der Waals surface area contributed by atoms with E-state index in [0.717, 1.165) is 43.3 Å². The molecule has 2 heterocycles. The SMILES string of the molecule is O=C(CCOc1ccccc1)Nc1cc(N2CCCC2)ccc1N1CCOCC1. The third-order valence-electron chi connectivity index (χ3n) is 5.42. The highest BCUT2D eigenvalue weighted by Crippen LogP contribution is 2.33. The summed E-state index contributed by atoms with van der Waals surface area (Å²) in [4.78, 5) is 17.3. The molecule has 0 unspecified atom stereocenters. The average Bonchev–Trinajstić information content (AvgIpc) is 3.30. The Bertz CT molecular complexity index is 800.